The molecule has 0 radical (unpaired) electrons. The van der Waals surface area contributed by atoms with Gasteiger partial charge in [-0.2, -0.15) is 10.7 Å². The summed E-state index contributed by atoms with van der Waals surface area (Å²) in [4.78, 5) is 30.3. The molecule has 1 rings (SSSR count). The Hall–Kier alpha value is -3.53. The second kappa shape index (κ2) is 8.05. The summed E-state index contributed by atoms with van der Waals surface area (Å²) in [6.45, 7) is -1.44. The number of rotatable bonds is 9. The number of nitro benzene ring substituents is 1. The number of nitrogens with one attached hydrogen (secondary N) is 1. The number of hydrogen-bond acceptors (Lipinski definition) is 6. The number of carbonyl (C=O) groups is 1. The second-order valence-electron chi connectivity index (χ2n) is 3.99. The topological polar surface area (TPSA) is 147 Å². The van der Waals surface area contributed by atoms with Crippen LogP contribution in [0.1, 0.15) is 0 Å². The molecule has 0 heterocycles. The molecule has 0 fully saturated rings. The summed E-state index contributed by atoms with van der Waals surface area (Å²) < 4.78 is 25.4. The van der Waals surface area contributed by atoms with Crippen LogP contribution in [0.3, 0.4) is 0 Å². The van der Waals surface area contributed by atoms with Crippen molar-refractivity contribution in [3.05, 3.63) is 34.4 Å². The Balaban J connectivity index is 0.00000484. The van der Waals surface area contributed by atoms with Crippen LogP contribution in [0.5, 0.6) is 0 Å². The quantitative estimate of drug-likeness (QED) is 0.128. The Bertz CT molecular complexity index is 680. The molecule has 0 saturated heterocycles. The molecule has 0 bridgehead atoms. The van der Waals surface area contributed by atoms with E-state index >= 15 is 0 Å². The number of amides is 1. The van der Waals surface area contributed by atoms with Crippen LogP contribution in [-0.2, 0) is 19.6 Å². The Labute approximate surface area is 125 Å². The third-order valence-electron chi connectivity index (χ3n) is 2.55. The van der Waals surface area contributed by atoms with Gasteiger partial charge in [0.1, 0.15) is 6.54 Å². The fraction of sp³-hybridized carbons (Fsp3) is 0.273. The van der Waals surface area contributed by atoms with Gasteiger partial charge in [-0.15, -0.1) is 0 Å². The first-order valence-corrected chi connectivity index (χ1v) is 7.30. The van der Waals surface area contributed by atoms with Crippen molar-refractivity contribution in [1.29, 1.82) is 0 Å². The number of para-hydroxylation sites is 1. The van der Waals surface area contributed by atoms with Gasteiger partial charge in [0.25, 0.3) is 15.7 Å². The SMILES string of the molecule is O=[C-]NCCN(CC(=O)O)S(=O)(=O)c1ccccc1[N+](=O)[O-].[Fm]. The van der Waals surface area contributed by atoms with Crippen molar-refractivity contribution < 1.29 is 28.0 Å². The minimum Gasteiger partial charge on any atom is -0.529 e. The van der Waals surface area contributed by atoms with Crippen molar-refractivity contribution >= 4 is 28.1 Å². The van der Waals surface area contributed by atoms with Gasteiger partial charge in [0, 0.05) is 12.6 Å². The first-order chi connectivity index (χ1) is 10.3. The van der Waals surface area contributed by atoms with Gasteiger partial charge in [-0.25, -0.2) is 8.42 Å². The summed E-state index contributed by atoms with van der Waals surface area (Å²) in [5.41, 5.74) is -0.659. The predicted molar refractivity (Wildman–Crippen MR) is 73.2 cm³/mol. The van der Waals surface area contributed by atoms with Gasteiger partial charge in [0.15, 0.2) is 4.90 Å². The molecule has 2 N–H and O–H groups in total. The van der Waals surface area contributed by atoms with Gasteiger partial charge in [-0.1, -0.05) is 12.1 Å². The van der Waals surface area contributed by atoms with Crippen molar-refractivity contribution in [2.75, 3.05) is 19.6 Å². The molecule has 1 amide bonds. The zero-order valence-corrected chi connectivity index (χ0v) is 14.6. The van der Waals surface area contributed by atoms with Gasteiger partial charge in [-0.05, 0) is 12.6 Å². The molecule has 1 aromatic rings. The van der Waals surface area contributed by atoms with Crippen LogP contribution in [0, 0.1) is 10.1 Å². The third-order valence-corrected chi connectivity index (χ3v) is 4.44. The maximum atomic E-state index is 12.4. The van der Waals surface area contributed by atoms with E-state index in [2.05, 4.69) is 5.32 Å². The summed E-state index contributed by atoms with van der Waals surface area (Å²) in [5, 5.41) is 21.8. The summed E-state index contributed by atoms with van der Waals surface area (Å²) in [5.74, 6) is -1.43. The molecule has 0 aliphatic rings. The molecular formula is C11H12FmN3O7S-. The predicted octanol–water partition coefficient (Wildman–Crippen LogP) is -0.673. The second-order valence-corrected chi connectivity index (χ2v) is 5.89. The number of nitrogens with zero attached hydrogens (tertiary/aromatic N) is 2. The number of aliphatic carboxylic acids is 1. The minimum atomic E-state index is -4.41. The summed E-state index contributed by atoms with van der Waals surface area (Å²) >= 11 is 0. The zero-order chi connectivity index (χ0) is 16.8. The van der Waals surface area contributed by atoms with E-state index in [-0.39, 0.29) is 13.1 Å². The van der Waals surface area contributed by atoms with Crippen LogP contribution in [0.2, 0.25) is 0 Å². The summed E-state index contributed by atoms with van der Waals surface area (Å²) in [7, 11) is -4.41. The van der Waals surface area contributed by atoms with Gasteiger partial charge in [0.2, 0.25) is 0 Å². The average Bonchev–Trinajstić information content (AvgIpc) is 2.46. The van der Waals surface area contributed by atoms with Crippen LogP contribution >= 0.6 is 0 Å². The fourth-order valence-corrected chi connectivity index (χ4v) is 3.18. The largest absolute Gasteiger partial charge is 0.529 e. The first-order valence-electron chi connectivity index (χ1n) is 5.86. The molecule has 132 valence electrons. The van der Waals surface area contributed by atoms with E-state index in [0.29, 0.717) is 4.31 Å². The number of carboxylic acid groups (broad SMARTS) is 1. The van der Waals surface area contributed by atoms with E-state index < -0.39 is 38.0 Å². The van der Waals surface area contributed by atoms with Crippen LogP contribution in [0.15, 0.2) is 29.2 Å². The van der Waals surface area contributed by atoms with Crippen molar-refractivity contribution in [2.24, 2.45) is 0 Å². The molecular weight excluding hydrogens is 575 g/mol. The van der Waals surface area contributed by atoms with Crippen LogP contribution in [0.4, 0.5) is 5.69 Å². The van der Waals surface area contributed by atoms with Crippen molar-refractivity contribution in [3.63, 3.8) is 0 Å². The molecule has 12 heteroatoms. The molecule has 0 spiro atoms. The van der Waals surface area contributed by atoms with Crippen molar-refractivity contribution in [3.8, 4) is 0 Å². The molecule has 1 aromatic carbocycles. The van der Waals surface area contributed by atoms with Gasteiger partial charge < -0.3 is 15.2 Å². The Morgan fingerprint density at radius 1 is 1.39 bits per heavy atom. The van der Waals surface area contributed by atoms with Crippen molar-refractivity contribution in [1.82, 2.24) is 9.62 Å². The van der Waals surface area contributed by atoms with E-state index in [1.54, 1.807) is 0 Å². The number of hydrogen-bond donors (Lipinski definition) is 2. The molecule has 23 heavy (non-hydrogen) atoms. The molecule has 0 unspecified atom stereocenters. The number of nitro groups is 1. The van der Waals surface area contributed by atoms with Crippen LogP contribution < -0.4 is 5.32 Å². The van der Waals surface area contributed by atoms with E-state index in [1.165, 1.54) is 18.5 Å². The third kappa shape index (κ3) is 4.75. The van der Waals surface area contributed by atoms with E-state index in [9.17, 15) is 28.1 Å². The first kappa shape index (κ1) is 19.5. The number of sulfonamides is 1. The normalized spacial score (nSPS) is 10.7. The smallest absolute Gasteiger partial charge is 0.318 e. The maximum Gasteiger partial charge on any atom is 0.318 e. The standard InChI is InChI=1S/C11H12N3O7S.Fm/c15-8-12-5-6-13(7-11(16)17)22(20,21)10-4-2-1-3-9(10)14(18)19;/h1-4H,5-7H2,(H,12,15)(H,16,17);/q-1;. The van der Waals surface area contributed by atoms with E-state index in [0.717, 1.165) is 12.1 Å². The molecule has 0 atom stereocenters. The maximum absolute atomic E-state index is 12.4. The van der Waals surface area contributed by atoms with E-state index in [4.69, 9.17) is 5.11 Å². The van der Waals surface area contributed by atoms with Crippen LogP contribution in [-0.4, -0.2) is 54.8 Å². The molecule has 0 aliphatic heterocycles. The number of carbonyl (C=O) groups excluding carboxylic acids is 1. The Morgan fingerprint density at radius 3 is 2.52 bits per heavy atom. The zero-order valence-electron chi connectivity index (χ0n) is 11.4. The number of benzene rings is 1. The van der Waals surface area contributed by atoms with E-state index in [1.807, 2.05) is 0 Å². The molecule has 10 nitrogen and oxygen atoms in total. The molecule has 0 aliphatic carbocycles. The summed E-state index contributed by atoms with van der Waals surface area (Å²) in [6.07, 6.45) is 1.32. The number of carboxylic acids is 1. The minimum absolute atomic E-state index is 0. The average molecular weight is 587 g/mol. The fourth-order valence-electron chi connectivity index (χ4n) is 1.63. The van der Waals surface area contributed by atoms with Gasteiger partial charge >= 0.3 is 5.97 Å². The van der Waals surface area contributed by atoms with Crippen molar-refractivity contribution in [2.45, 2.75) is 4.90 Å². The molecule has 0 aromatic heterocycles. The Morgan fingerprint density at radius 2 is 2.00 bits per heavy atom. The molecule has 0 saturated carbocycles. The summed E-state index contributed by atoms with van der Waals surface area (Å²) in [6, 6.07) is 4.60. The Kier molecular flexibility index (Phi) is 6.81. The van der Waals surface area contributed by atoms with Gasteiger partial charge in [-0.3, -0.25) is 14.9 Å². The van der Waals surface area contributed by atoms with Gasteiger partial charge in [0.05, 0.1) is 4.92 Å². The monoisotopic (exact) mass is 587 g/mol. The van der Waals surface area contributed by atoms with Crippen LogP contribution in [0.25, 0.3) is 0 Å².